The van der Waals surface area contributed by atoms with E-state index in [4.69, 9.17) is 5.11 Å². The largest absolute Gasteiger partial charge is 0.396 e. The Kier molecular flexibility index (Phi) is 6.07. The number of nitrogens with zero attached hydrogens (tertiary/aromatic N) is 1. The van der Waals surface area contributed by atoms with Gasteiger partial charge >= 0.3 is 4.87 Å². The molecule has 1 aromatic heterocycles. The molecular formula is C12H20N2O3S. The molecule has 0 aliphatic rings. The van der Waals surface area contributed by atoms with Crippen molar-refractivity contribution < 1.29 is 9.90 Å². The number of aryl methyl sites for hydroxylation is 1. The highest BCUT2D eigenvalue weighted by molar-refractivity contribution is 7.07. The quantitative estimate of drug-likeness (QED) is 0.774. The van der Waals surface area contributed by atoms with E-state index < -0.39 is 0 Å². The first-order valence-electron chi connectivity index (χ1n) is 6.09. The van der Waals surface area contributed by atoms with Gasteiger partial charge in [0.05, 0.1) is 0 Å². The van der Waals surface area contributed by atoms with E-state index in [1.807, 2.05) is 13.8 Å². The summed E-state index contributed by atoms with van der Waals surface area (Å²) >= 11 is 1.16. The molecule has 1 amide bonds. The summed E-state index contributed by atoms with van der Waals surface area (Å²) < 4.78 is 1.61. The van der Waals surface area contributed by atoms with Gasteiger partial charge in [-0.1, -0.05) is 11.3 Å². The number of aliphatic hydroxyl groups excluding tert-OH is 1. The van der Waals surface area contributed by atoms with Crippen LogP contribution in [0.25, 0.3) is 0 Å². The lowest BCUT2D eigenvalue weighted by Gasteiger charge is -2.13. The topological polar surface area (TPSA) is 71.3 Å². The molecule has 0 fully saturated rings. The Morgan fingerprint density at radius 3 is 2.89 bits per heavy atom. The van der Waals surface area contributed by atoms with Gasteiger partial charge in [-0.2, -0.15) is 0 Å². The molecule has 0 saturated carbocycles. The molecule has 0 bridgehead atoms. The van der Waals surface area contributed by atoms with Gasteiger partial charge in [-0.05, 0) is 26.7 Å². The van der Waals surface area contributed by atoms with E-state index in [9.17, 15) is 9.59 Å². The predicted octanol–water partition coefficient (Wildman–Crippen LogP) is 0.886. The summed E-state index contributed by atoms with van der Waals surface area (Å²) in [6.07, 6.45) is 1.76. The van der Waals surface area contributed by atoms with E-state index in [-0.39, 0.29) is 23.4 Å². The minimum absolute atomic E-state index is 0.0198. The zero-order chi connectivity index (χ0) is 13.5. The van der Waals surface area contributed by atoms with Crippen LogP contribution in [0.2, 0.25) is 0 Å². The van der Waals surface area contributed by atoms with Crippen molar-refractivity contribution >= 4 is 17.2 Å². The number of thiazole rings is 1. The summed E-state index contributed by atoms with van der Waals surface area (Å²) in [6.45, 7) is 4.34. The van der Waals surface area contributed by atoms with Gasteiger partial charge in [-0.15, -0.1) is 0 Å². The Balaban J connectivity index is 2.35. The van der Waals surface area contributed by atoms with Crippen LogP contribution >= 0.6 is 11.3 Å². The van der Waals surface area contributed by atoms with Crippen LogP contribution < -0.4 is 10.2 Å². The average molecular weight is 272 g/mol. The highest BCUT2D eigenvalue weighted by Gasteiger charge is 2.09. The van der Waals surface area contributed by atoms with Crippen LogP contribution in [0.1, 0.15) is 31.9 Å². The highest BCUT2D eigenvalue weighted by Crippen LogP contribution is 2.01. The monoisotopic (exact) mass is 272 g/mol. The molecular weight excluding hydrogens is 252 g/mol. The molecule has 1 rings (SSSR count). The van der Waals surface area contributed by atoms with Gasteiger partial charge in [0.1, 0.15) is 0 Å². The third-order valence-electron chi connectivity index (χ3n) is 2.74. The van der Waals surface area contributed by atoms with Crippen molar-refractivity contribution in [3.63, 3.8) is 0 Å². The van der Waals surface area contributed by atoms with Crippen LogP contribution in [0, 0.1) is 6.92 Å². The van der Waals surface area contributed by atoms with Gasteiger partial charge in [0.2, 0.25) is 5.91 Å². The molecule has 0 radical (unpaired) electrons. The second-order valence-corrected chi connectivity index (χ2v) is 5.20. The van der Waals surface area contributed by atoms with E-state index >= 15 is 0 Å². The second-order valence-electron chi connectivity index (χ2n) is 4.38. The van der Waals surface area contributed by atoms with Crippen LogP contribution in [0.3, 0.4) is 0 Å². The van der Waals surface area contributed by atoms with E-state index in [1.165, 1.54) is 0 Å². The van der Waals surface area contributed by atoms with Gasteiger partial charge in [0, 0.05) is 36.7 Å². The lowest BCUT2D eigenvalue weighted by atomic mass is 10.2. The van der Waals surface area contributed by atoms with Crippen molar-refractivity contribution in [3.8, 4) is 0 Å². The molecule has 1 heterocycles. The minimum Gasteiger partial charge on any atom is -0.396 e. The van der Waals surface area contributed by atoms with Gasteiger partial charge in [0.25, 0.3) is 0 Å². The molecule has 102 valence electrons. The van der Waals surface area contributed by atoms with Gasteiger partial charge in [-0.3, -0.25) is 9.59 Å². The Hall–Kier alpha value is -1.14. The van der Waals surface area contributed by atoms with Crippen LogP contribution in [0.4, 0.5) is 0 Å². The highest BCUT2D eigenvalue weighted by atomic mass is 32.1. The molecule has 1 unspecified atom stereocenters. The van der Waals surface area contributed by atoms with Gasteiger partial charge in [-0.25, -0.2) is 0 Å². The molecule has 0 saturated heterocycles. The molecule has 2 N–H and O–H groups in total. The Morgan fingerprint density at radius 1 is 1.61 bits per heavy atom. The third-order valence-corrected chi connectivity index (χ3v) is 3.62. The van der Waals surface area contributed by atoms with E-state index in [0.29, 0.717) is 19.4 Å². The zero-order valence-corrected chi connectivity index (χ0v) is 11.6. The minimum atomic E-state index is -0.0575. The summed E-state index contributed by atoms with van der Waals surface area (Å²) in [7, 11) is 0. The molecule has 5 nitrogen and oxygen atoms in total. The summed E-state index contributed by atoms with van der Waals surface area (Å²) in [5.41, 5.74) is 0.895. The van der Waals surface area contributed by atoms with Crippen molar-refractivity contribution in [1.29, 1.82) is 0 Å². The number of aromatic nitrogens is 1. The summed E-state index contributed by atoms with van der Waals surface area (Å²) in [5, 5.41) is 13.3. The standard InChI is InChI=1S/C12H20N2O3S/c1-9(4-3-7-15)13-11(16)5-6-14-10(2)8-18-12(14)17/h8-9,15H,3-7H2,1-2H3,(H,13,16). The Bertz CT molecular complexity index is 439. The lowest BCUT2D eigenvalue weighted by Crippen LogP contribution is -2.33. The number of amides is 1. The second kappa shape index (κ2) is 7.33. The zero-order valence-electron chi connectivity index (χ0n) is 10.8. The normalized spacial score (nSPS) is 12.4. The maximum atomic E-state index is 11.6. The first kappa shape index (κ1) is 14.9. The number of carbonyl (C=O) groups is 1. The molecule has 1 aromatic rings. The van der Waals surface area contributed by atoms with Crippen molar-refractivity contribution in [2.75, 3.05) is 6.61 Å². The molecule has 0 aliphatic carbocycles. The lowest BCUT2D eigenvalue weighted by molar-refractivity contribution is -0.122. The number of nitrogens with one attached hydrogen (secondary N) is 1. The number of hydrogen-bond acceptors (Lipinski definition) is 4. The fourth-order valence-corrected chi connectivity index (χ4v) is 2.47. The Labute approximate surface area is 110 Å². The van der Waals surface area contributed by atoms with Gasteiger partial charge in [0.15, 0.2) is 0 Å². The smallest absolute Gasteiger partial charge is 0.307 e. The van der Waals surface area contributed by atoms with E-state index in [2.05, 4.69) is 5.32 Å². The molecule has 0 spiro atoms. The van der Waals surface area contributed by atoms with Crippen LogP contribution in [-0.2, 0) is 11.3 Å². The summed E-state index contributed by atoms with van der Waals surface area (Å²) in [6, 6.07) is 0.0601. The fourth-order valence-electron chi connectivity index (χ4n) is 1.70. The maximum Gasteiger partial charge on any atom is 0.307 e. The van der Waals surface area contributed by atoms with Crippen LogP contribution in [0.15, 0.2) is 10.2 Å². The van der Waals surface area contributed by atoms with Crippen LogP contribution in [-0.4, -0.2) is 28.2 Å². The SMILES string of the molecule is Cc1csc(=O)n1CCC(=O)NC(C)CCCO. The molecule has 0 aromatic carbocycles. The predicted molar refractivity (Wildman–Crippen MR) is 71.9 cm³/mol. The van der Waals surface area contributed by atoms with E-state index in [1.54, 1.807) is 9.95 Å². The van der Waals surface area contributed by atoms with Crippen molar-refractivity contribution in [3.05, 3.63) is 20.7 Å². The molecule has 1 atom stereocenters. The summed E-state index contributed by atoms with van der Waals surface area (Å²) in [4.78, 5) is 23.1. The Morgan fingerprint density at radius 2 is 2.33 bits per heavy atom. The first-order chi connectivity index (χ1) is 8.54. The van der Waals surface area contributed by atoms with Crippen molar-refractivity contribution in [2.45, 2.75) is 45.7 Å². The maximum absolute atomic E-state index is 11.6. The number of carbonyl (C=O) groups excluding carboxylic acids is 1. The molecule has 0 aliphatic heterocycles. The van der Waals surface area contributed by atoms with Crippen molar-refractivity contribution in [1.82, 2.24) is 9.88 Å². The summed E-state index contributed by atoms with van der Waals surface area (Å²) in [5.74, 6) is -0.0575. The number of rotatable bonds is 7. The van der Waals surface area contributed by atoms with E-state index in [0.717, 1.165) is 23.5 Å². The number of aliphatic hydroxyl groups is 1. The molecule has 6 heteroatoms. The van der Waals surface area contributed by atoms with Gasteiger partial charge < -0.3 is 15.0 Å². The third kappa shape index (κ3) is 4.62. The van der Waals surface area contributed by atoms with Crippen LogP contribution in [0.5, 0.6) is 0 Å². The number of hydrogen-bond donors (Lipinski definition) is 2. The average Bonchev–Trinajstić information content (AvgIpc) is 2.64. The van der Waals surface area contributed by atoms with Crippen molar-refractivity contribution in [2.24, 2.45) is 0 Å². The fraction of sp³-hybridized carbons (Fsp3) is 0.667. The first-order valence-corrected chi connectivity index (χ1v) is 6.97. The molecule has 18 heavy (non-hydrogen) atoms.